The van der Waals surface area contributed by atoms with Crippen LogP contribution in [0.5, 0.6) is 0 Å². The number of hydrogen-bond donors (Lipinski definition) is 2. The minimum absolute atomic E-state index is 0.0244. The number of aromatic nitrogens is 5. The van der Waals surface area contributed by atoms with Crippen LogP contribution in [-0.2, 0) is 31.8 Å². The van der Waals surface area contributed by atoms with E-state index in [1.165, 1.54) is 9.13 Å². The molecular weight excluding hydrogens is 532 g/mol. The zero-order valence-electron chi connectivity index (χ0n) is 23.0. The molecule has 5 rings (SSSR count). The third kappa shape index (κ3) is 5.27. The molecule has 0 saturated heterocycles. The van der Waals surface area contributed by atoms with Crippen molar-refractivity contribution in [1.82, 2.24) is 29.0 Å². The average molecular weight is 563 g/mol. The highest BCUT2D eigenvalue weighted by atomic mass is 35.5. The monoisotopic (exact) mass is 562 g/mol. The van der Waals surface area contributed by atoms with Gasteiger partial charge >= 0.3 is 11.8 Å². The van der Waals surface area contributed by atoms with E-state index in [1.807, 2.05) is 48.5 Å². The van der Waals surface area contributed by atoms with Crippen molar-refractivity contribution in [1.29, 1.82) is 0 Å². The first-order valence-corrected chi connectivity index (χ1v) is 13.3. The van der Waals surface area contributed by atoms with Gasteiger partial charge in [0.15, 0.2) is 11.2 Å². The van der Waals surface area contributed by atoms with Gasteiger partial charge in [0.25, 0.3) is 5.56 Å². The molecule has 0 spiro atoms. The Kier molecular flexibility index (Phi) is 7.05. The number of benzene rings is 2. The summed E-state index contributed by atoms with van der Waals surface area (Å²) >= 11 is 6.32. The summed E-state index contributed by atoms with van der Waals surface area (Å²) in [5.74, 6) is 0.423. The molecule has 1 unspecified atom stereocenters. The third-order valence-electron chi connectivity index (χ3n) is 6.68. The van der Waals surface area contributed by atoms with Crippen LogP contribution in [0.4, 0.5) is 4.79 Å². The second kappa shape index (κ2) is 10.3. The number of fused-ring (bicyclic) bond motifs is 2. The number of ether oxygens (including phenoxy) is 1. The van der Waals surface area contributed by atoms with Crippen LogP contribution in [0.2, 0.25) is 5.02 Å². The second-order valence-electron chi connectivity index (χ2n) is 10.8. The maximum absolute atomic E-state index is 13.7. The molecular formula is C29H31ClN6O4. The number of aromatic amines is 1. The Hall–Kier alpha value is -4.31. The Balaban J connectivity index is 1.59. The van der Waals surface area contributed by atoms with Gasteiger partial charge < -0.3 is 19.6 Å². The lowest BCUT2D eigenvalue weighted by atomic mass is 10.1. The molecule has 5 aromatic rings. The largest absolute Gasteiger partial charge is 0.444 e. The van der Waals surface area contributed by atoms with E-state index >= 15 is 0 Å². The van der Waals surface area contributed by atoms with Crippen LogP contribution in [0.3, 0.4) is 0 Å². The first kappa shape index (κ1) is 27.3. The van der Waals surface area contributed by atoms with Crippen molar-refractivity contribution in [3.8, 4) is 0 Å². The van der Waals surface area contributed by atoms with E-state index in [0.717, 1.165) is 16.5 Å². The van der Waals surface area contributed by atoms with E-state index in [2.05, 4.69) is 10.3 Å². The molecule has 0 saturated carbocycles. The first-order valence-electron chi connectivity index (χ1n) is 12.9. The van der Waals surface area contributed by atoms with Crippen molar-refractivity contribution in [3.63, 3.8) is 0 Å². The van der Waals surface area contributed by atoms with Crippen molar-refractivity contribution in [2.24, 2.45) is 14.1 Å². The lowest BCUT2D eigenvalue weighted by Gasteiger charge is -2.23. The average Bonchev–Trinajstić information content (AvgIpc) is 3.46. The molecule has 3 aromatic heterocycles. The SMILES string of the molecule is Cn1c(C(Cc2ccccc2)NC(=O)OC(C)(C)C)nc2c1c(=O)n(Cc1cc3c(Cl)cccc3[nH]1)c(=O)n2C. The number of amides is 1. The molecule has 0 aliphatic rings. The Morgan fingerprint density at radius 3 is 2.48 bits per heavy atom. The minimum atomic E-state index is -0.696. The standard InChI is InChI=1S/C29H31ClN6O4/c1-29(2,3)40-27(38)32-22(14-17-10-7-6-8-11-17)24-33-25-23(34(24)4)26(37)36(28(39)35(25)5)16-18-15-19-20(30)12-9-13-21(19)31-18/h6-13,15,22,31H,14,16H2,1-5H3,(H,32,38). The molecule has 208 valence electrons. The lowest BCUT2D eigenvalue weighted by Crippen LogP contribution is -2.40. The molecule has 0 radical (unpaired) electrons. The van der Waals surface area contributed by atoms with Crippen molar-refractivity contribution in [3.05, 3.63) is 97.5 Å². The number of aryl methyl sites for hydroxylation is 2. The second-order valence-corrected chi connectivity index (χ2v) is 11.2. The highest BCUT2D eigenvalue weighted by Crippen LogP contribution is 2.25. The van der Waals surface area contributed by atoms with Gasteiger partial charge in [-0.25, -0.2) is 14.6 Å². The van der Waals surface area contributed by atoms with Crippen LogP contribution in [0.1, 0.15) is 43.9 Å². The van der Waals surface area contributed by atoms with E-state index in [1.54, 1.807) is 45.5 Å². The summed E-state index contributed by atoms with van der Waals surface area (Å²) in [6.45, 7) is 5.38. The Morgan fingerprint density at radius 1 is 1.07 bits per heavy atom. The van der Waals surface area contributed by atoms with Crippen molar-refractivity contribution in [2.75, 3.05) is 0 Å². The van der Waals surface area contributed by atoms with Crippen LogP contribution in [0.25, 0.3) is 22.1 Å². The quantitative estimate of drug-likeness (QED) is 0.318. The summed E-state index contributed by atoms with van der Waals surface area (Å²) in [7, 11) is 3.28. The number of nitrogens with zero attached hydrogens (tertiary/aromatic N) is 4. The Morgan fingerprint density at radius 2 is 1.80 bits per heavy atom. The summed E-state index contributed by atoms with van der Waals surface area (Å²) in [4.78, 5) is 47.8. The number of imidazole rings is 1. The van der Waals surface area contributed by atoms with Crippen molar-refractivity contribution >= 4 is 39.8 Å². The van der Waals surface area contributed by atoms with Gasteiger partial charge in [-0.1, -0.05) is 48.0 Å². The van der Waals surface area contributed by atoms with Gasteiger partial charge in [0.1, 0.15) is 11.4 Å². The number of hydrogen-bond acceptors (Lipinski definition) is 5. The van der Waals surface area contributed by atoms with Crippen molar-refractivity contribution < 1.29 is 9.53 Å². The predicted octanol–water partition coefficient (Wildman–Crippen LogP) is 4.43. The van der Waals surface area contributed by atoms with E-state index in [-0.39, 0.29) is 17.7 Å². The van der Waals surface area contributed by atoms with Crippen LogP contribution in [0, 0.1) is 0 Å². The lowest BCUT2D eigenvalue weighted by molar-refractivity contribution is 0.0500. The molecule has 0 bridgehead atoms. The fourth-order valence-corrected chi connectivity index (χ4v) is 5.08. The highest BCUT2D eigenvalue weighted by Gasteiger charge is 2.27. The van der Waals surface area contributed by atoms with E-state index in [4.69, 9.17) is 21.3 Å². The zero-order chi connectivity index (χ0) is 28.8. The number of H-pyrrole nitrogens is 1. The zero-order valence-corrected chi connectivity index (χ0v) is 23.7. The Labute approximate surface area is 235 Å². The summed E-state index contributed by atoms with van der Waals surface area (Å²) in [6, 6.07) is 16.3. The fraction of sp³-hybridized carbons (Fsp3) is 0.310. The summed E-state index contributed by atoms with van der Waals surface area (Å²) in [6.07, 6.45) is -0.209. The van der Waals surface area contributed by atoms with Gasteiger partial charge in [0, 0.05) is 42.1 Å². The van der Waals surface area contributed by atoms with Crippen LogP contribution < -0.4 is 16.6 Å². The van der Waals surface area contributed by atoms with Crippen LogP contribution in [0.15, 0.2) is 64.2 Å². The molecule has 1 amide bonds. The van der Waals surface area contributed by atoms with E-state index in [9.17, 15) is 14.4 Å². The predicted molar refractivity (Wildman–Crippen MR) is 155 cm³/mol. The number of alkyl carbamates (subject to hydrolysis) is 1. The molecule has 3 heterocycles. The molecule has 1 atom stereocenters. The molecule has 0 fully saturated rings. The normalized spacial score (nSPS) is 12.7. The number of carbonyl (C=O) groups is 1. The van der Waals surface area contributed by atoms with Gasteiger partial charge in [-0.05, 0) is 44.5 Å². The Bertz CT molecular complexity index is 1840. The van der Waals surface area contributed by atoms with E-state index in [0.29, 0.717) is 23.0 Å². The number of halogens is 1. The molecule has 2 aromatic carbocycles. The van der Waals surface area contributed by atoms with Gasteiger partial charge in [0.05, 0.1) is 12.6 Å². The number of rotatable bonds is 6. The molecule has 0 aliphatic carbocycles. The number of nitrogens with one attached hydrogen (secondary N) is 2. The molecule has 10 nitrogen and oxygen atoms in total. The maximum Gasteiger partial charge on any atom is 0.408 e. The fourth-order valence-electron chi connectivity index (χ4n) is 4.85. The molecule has 0 aliphatic heterocycles. The first-order chi connectivity index (χ1) is 18.9. The maximum atomic E-state index is 13.7. The third-order valence-corrected chi connectivity index (χ3v) is 7.00. The minimum Gasteiger partial charge on any atom is -0.444 e. The van der Waals surface area contributed by atoms with Gasteiger partial charge in [0.2, 0.25) is 0 Å². The van der Waals surface area contributed by atoms with Crippen LogP contribution in [-0.4, -0.2) is 35.4 Å². The highest BCUT2D eigenvalue weighted by molar-refractivity contribution is 6.35. The molecule has 2 N–H and O–H groups in total. The summed E-state index contributed by atoms with van der Waals surface area (Å²) in [5.41, 5.74) is 1.22. The van der Waals surface area contributed by atoms with Crippen molar-refractivity contribution in [2.45, 2.75) is 45.4 Å². The van der Waals surface area contributed by atoms with Gasteiger partial charge in [-0.15, -0.1) is 0 Å². The van der Waals surface area contributed by atoms with E-state index < -0.39 is 29.0 Å². The number of carbonyl (C=O) groups excluding carboxylic acids is 1. The summed E-state index contributed by atoms with van der Waals surface area (Å²) in [5, 5.41) is 4.30. The summed E-state index contributed by atoms with van der Waals surface area (Å²) < 4.78 is 9.66. The van der Waals surface area contributed by atoms with Crippen LogP contribution >= 0.6 is 11.6 Å². The molecule has 40 heavy (non-hydrogen) atoms. The topological polar surface area (TPSA) is 116 Å². The molecule has 11 heteroatoms. The van der Waals surface area contributed by atoms with Gasteiger partial charge in [-0.3, -0.25) is 13.9 Å². The van der Waals surface area contributed by atoms with Gasteiger partial charge in [-0.2, -0.15) is 0 Å². The smallest absolute Gasteiger partial charge is 0.408 e.